The fourth-order valence-electron chi connectivity index (χ4n) is 1.64. The highest BCUT2D eigenvalue weighted by Crippen LogP contribution is 2.24. The molecular formula is C13H20N4O2. The number of rotatable bonds is 5. The highest BCUT2D eigenvalue weighted by molar-refractivity contribution is 5.95. The molecule has 0 radical (unpaired) electrons. The molecular weight excluding hydrogens is 244 g/mol. The van der Waals surface area contributed by atoms with Gasteiger partial charge in [-0.05, 0) is 25.1 Å². The molecule has 1 aromatic rings. The molecule has 0 spiro atoms. The van der Waals surface area contributed by atoms with Crippen LogP contribution in [0, 0.1) is 0 Å². The fraction of sp³-hybridized carbons (Fsp3) is 0.385. The zero-order chi connectivity index (χ0) is 14.6. The fourth-order valence-corrected chi connectivity index (χ4v) is 1.64. The number of nitrogens with zero attached hydrogens (tertiary/aromatic N) is 2. The lowest BCUT2D eigenvalue weighted by Gasteiger charge is -2.25. The Bertz CT molecular complexity index is 486. The molecule has 0 saturated carbocycles. The van der Waals surface area contributed by atoms with Crippen LogP contribution in [0.15, 0.2) is 18.2 Å². The van der Waals surface area contributed by atoms with E-state index in [2.05, 4.69) is 0 Å². The third kappa shape index (κ3) is 3.61. The highest BCUT2D eigenvalue weighted by atomic mass is 16.2. The third-order valence-corrected chi connectivity index (χ3v) is 2.86. The molecule has 1 aromatic carbocycles. The van der Waals surface area contributed by atoms with Crippen LogP contribution >= 0.6 is 0 Å². The topological polar surface area (TPSA) is 92.7 Å². The summed E-state index contributed by atoms with van der Waals surface area (Å²) in [5.41, 5.74) is 12.7. The molecule has 6 heteroatoms. The lowest BCUT2D eigenvalue weighted by Crippen LogP contribution is -2.37. The lowest BCUT2D eigenvalue weighted by molar-refractivity contribution is -0.127. The standard InChI is InChI=1S/C13H20N4O2/c1-4-17(8-12(18)16(2)3)11-7-9(13(15)19)5-6-10(11)14/h5-7H,4,8,14H2,1-3H3,(H2,15,19). The third-order valence-electron chi connectivity index (χ3n) is 2.86. The van der Waals surface area contributed by atoms with Crippen molar-refractivity contribution in [2.45, 2.75) is 6.92 Å². The molecule has 0 aliphatic carbocycles. The van der Waals surface area contributed by atoms with Crippen LogP contribution in [0.2, 0.25) is 0 Å². The van der Waals surface area contributed by atoms with Crippen LogP contribution in [0.4, 0.5) is 11.4 Å². The average molecular weight is 264 g/mol. The Morgan fingerprint density at radius 2 is 1.89 bits per heavy atom. The molecule has 2 amide bonds. The number of carbonyl (C=O) groups excluding carboxylic acids is 2. The minimum atomic E-state index is -0.517. The summed E-state index contributed by atoms with van der Waals surface area (Å²) in [5.74, 6) is -0.554. The first-order chi connectivity index (χ1) is 8.86. The summed E-state index contributed by atoms with van der Waals surface area (Å²) in [6.45, 7) is 2.72. The van der Waals surface area contributed by atoms with Gasteiger partial charge in [0.15, 0.2) is 0 Å². The minimum absolute atomic E-state index is 0.0364. The number of nitrogens with two attached hydrogens (primary N) is 2. The van der Waals surface area contributed by atoms with E-state index in [-0.39, 0.29) is 12.5 Å². The van der Waals surface area contributed by atoms with Gasteiger partial charge in [0.25, 0.3) is 0 Å². The number of hydrogen-bond donors (Lipinski definition) is 2. The van der Waals surface area contributed by atoms with Gasteiger partial charge in [0.1, 0.15) is 0 Å². The van der Waals surface area contributed by atoms with E-state index in [4.69, 9.17) is 11.5 Å². The summed E-state index contributed by atoms with van der Waals surface area (Å²) >= 11 is 0. The summed E-state index contributed by atoms with van der Waals surface area (Å²) in [5, 5.41) is 0. The summed E-state index contributed by atoms with van der Waals surface area (Å²) in [4.78, 5) is 26.3. The SMILES string of the molecule is CCN(CC(=O)N(C)C)c1cc(C(N)=O)ccc1N. The molecule has 0 saturated heterocycles. The van der Waals surface area contributed by atoms with E-state index < -0.39 is 5.91 Å². The van der Waals surface area contributed by atoms with Gasteiger partial charge in [0.05, 0.1) is 17.9 Å². The van der Waals surface area contributed by atoms with Crippen molar-refractivity contribution in [3.8, 4) is 0 Å². The number of primary amides is 1. The van der Waals surface area contributed by atoms with Gasteiger partial charge < -0.3 is 21.3 Å². The molecule has 0 aliphatic heterocycles. The maximum atomic E-state index is 11.8. The normalized spacial score (nSPS) is 10.1. The predicted molar refractivity (Wildman–Crippen MR) is 76.0 cm³/mol. The Balaban J connectivity index is 3.07. The van der Waals surface area contributed by atoms with Crippen LogP contribution in [0.5, 0.6) is 0 Å². The second-order valence-electron chi connectivity index (χ2n) is 4.44. The molecule has 19 heavy (non-hydrogen) atoms. The molecule has 4 N–H and O–H groups in total. The monoisotopic (exact) mass is 264 g/mol. The Hall–Kier alpha value is -2.24. The van der Waals surface area contributed by atoms with Crippen molar-refractivity contribution in [3.63, 3.8) is 0 Å². The van der Waals surface area contributed by atoms with Crippen LogP contribution in [0.1, 0.15) is 17.3 Å². The molecule has 0 fully saturated rings. The van der Waals surface area contributed by atoms with E-state index in [1.54, 1.807) is 32.3 Å². The first-order valence-corrected chi connectivity index (χ1v) is 6.01. The Morgan fingerprint density at radius 3 is 2.37 bits per heavy atom. The van der Waals surface area contributed by atoms with Crippen molar-refractivity contribution in [3.05, 3.63) is 23.8 Å². The van der Waals surface area contributed by atoms with Gasteiger partial charge in [0, 0.05) is 26.2 Å². The molecule has 0 heterocycles. The van der Waals surface area contributed by atoms with Gasteiger partial charge in [-0.15, -0.1) is 0 Å². The first kappa shape index (κ1) is 14.8. The van der Waals surface area contributed by atoms with Crippen molar-refractivity contribution in [2.24, 2.45) is 5.73 Å². The van der Waals surface area contributed by atoms with E-state index in [0.717, 1.165) is 0 Å². The largest absolute Gasteiger partial charge is 0.397 e. The zero-order valence-electron chi connectivity index (χ0n) is 11.5. The second-order valence-corrected chi connectivity index (χ2v) is 4.44. The van der Waals surface area contributed by atoms with E-state index in [0.29, 0.717) is 23.5 Å². The smallest absolute Gasteiger partial charge is 0.248 e. The number of anilines is 2. The van der Waals surface area contributed by atoms with Gasteiger partial charge >= 0.3 is 0 Å². The number of hydrogen-bond acceptors (Lipinski definition) is 4. The molecule has 104 valence electrons. The zero-order valence-corrected chi connectivity index (χ0v) is 11.5. The Morgan fingerprint density at radius 1 is 1.26 bits per heavy atom. The van der Waals surface area contributed by atoms with E-state index >= 15 is 0 Å². The van der Waals surface area contributed by atoms with Gasteiger partial charge in [-0.3, -0.25) is 9.59 Å². The lowest BCUT2D eigenvalue weighted by atomic mass is 10.1. The van der Waals surface area contributed by atoms with Crippen molar-refractivity contribution < 1.29 is 9.59 Å². The number of likely N-dealkylation sites (N-methyl/N-ethyl adjacent to an activating group) is 2. The number of amides is 2. The number of benzene rings is 1. The molecule has 0 aromatic heterocycles. The Labute approximate surface area is 113 Å². The highest BCUT2D eigenvalue weighted by Gasteiger charge is 2.15. The maximum absolute atomic E-state index is 11.8. The van der Waals surface area contributed by atoms with Gasteiger partial charge in [-0.1, -0.05) is 0 Å². The average Bonchev–Trinajstić information content (AvgIpc) is 2.36. The van der Waals surface area contributed by atoms with Crippen molar-refractivity contribution in [1.29, 1.82) is 0 Å². The summed E-state index contributed by atoms with van der Waals surface area (Å²) in [7, 11) is 3.39. The molecule has 6 nitrogen and oxygen atoms in total. The minimum Gasteiger partial charge on any atom is -0.397 e. The van der Waals surface area contributed by atoms with E-state index in [1.807, 2.05) is 11.8 Å². The van der Waals surface area contributed by atoms with Crippen molar-refractivity contribution in [2.75, 3.05) is 37.8 Å². The molecule has 0 bridgehead atoms. The van der Waals surface area contributed by atoms with Crippen LogP contribution in [0.3, 0.4) is 0 Å². The van der Waals surface area contributed by atoms with Crippen LogP contribution in [-0.4, -0.2) is 43.9 Å². The molecule has 0 unspecified atom stereocenters. The molecule has 0 aliphatic rings. The molecule has 0 atom stereocenters. The Kier molecular flexibility index (Phi) is 4.74. The van der Waals surface area contributed by atoms with Crippen molar-refractivity contribution in [1.82, 2.24) is 4.90 Å². The van der Waals surface area contributed by atoms with Gasteiger partial charge in [0.2, 0.25) is 11.8 Å². The molecule has 1 rings (SSSR count). The van der Waals surface area contributed by atoms with Gasteiger partial charge in [-0.2, -0.15) is 0 Å². The van der Waals surface area contributed by atoms with Crippen LogP contribution in [0.25, 0.3) is 0 Å². The summed E-state index contributed by atoms with van der Waals surface area (Å²) in [6, 6.07) is 4.81. The summed E-state index contributed by atoms with van der Waals surface area (Å²) in [6.07, 6.45) is 0. The van der Waals surface area contributed by atoms with E-state index in [1.165, 1.54) is 4.90 Å². The maximum Gasteiger partial charge on any atom is 0.248 e. The van der Waals surface area contributed by atoms with E-state index in [9.17, 15) is 9.59 Å². The van der Waals surface area contributed by atoms with Crippen molar-refractivity contribution >= 4 is 23.2 Å². The second kappa shape index (κ2) is 6.08. The van der Waals surface area contributed by atoms with Crippen LogP contribution < -0.4 is 16.4 Å². The first-order valence-electron chi connectivity index (χ1n) is 6.01. The predicted octanol–water partition coefficient (Wildman–Crippen LogP) is 0.282. The quantitative estimate of drug-likeness (QED) is 0.747. The van der Waals surface area contributed by atoms with Gasteiger partial charge in [-0.25, -0.2) is 0 Å². The number of carbonyl (C=O) groups is 2. The summed E-state index contributed by atoms with van der Waals surface area (Å²) < 4.78 is 0. The van der Waals surface area contributed by atoms with Crippen LogP contribution in [-0.2, 0) is 4.79 Å². The number of nitrogen functional groups attached to an aromatic ring is 1.